The minimum Gasteiger partial charge on any atom is -0.462 e. The minimum atomic E-state index is -4.47. The highest BCUT2D eigenvalue weighted by Gasteiger charge is 2.33. The van der Waals surface area contributed by atoms with Crippen LogP contribution in [0.3, 0.4) is 0 Å². The standard InChI is InChI=1S/C16H16F3N3O3S/c1-3-25-15(24)10-4-5-11(21-9(10)2)14(23)20-7-6-13-22-12(8-26-13)16(17,18)19/h4-5,8H,3,6-7H2,1-2H3,(H,20,23). The lowest BCUT2D eigenvalue weighted by molar-refractivity contribution is -0.140. The van der Waals surface area contributed by atoms with Gasteiger partial charge in [0.25, 0.3) is 5.91 Å². The van der Waals surface area contributed by atoms with Crippen LogP contribution in [0.15, 0.2) is 17.5 Å². The van der Waals surface area contributed by atoms with E-state index in [1.54, 1.807) is 13.8 Å². The molecule has 0 unspecified atom stereocenters. The molecule has 0 saturated heterocycles. The van der Waals surface area contributed by atoms with Crippen molar-refractivity contribution in [2.24, 2.45) is 0 Å². The Hall–Kier alpha value is -2.49. The van der Waals surface area contributed by atoms with Crippen LogP contribution in [-0.2, 0) is 17.3 Å². The number of nitrogens with one attached hydrogen (secondary N) is 1. The van der Waals surface area contributed by atoms with Crippen LogP contribution in [0.5, 0.6) is 0 Å². The van der Waals surface area contributed by atoms with Crippen molar-refractivity contribution in [2.75, 3.05) is 13.2 Å². The topological polar surface area (TPSA) is 81.2 Å². The first-order chi connectivity index (χ1) is 12.2. The lowest BCUT2D eigenvalue weighted by atomic mass is 10.2. The molecule has 0 spiro atoms. The van der Waals surface area contributed by atoms with Gasteiger partial charge in [-0.05, 0) is 26.0 Å². The largest absolute Gasteiger partial charge is 0.462 e. The van der Waals surface area contributed by atoms with Crippen molar-refractivity contribution in [3.63, 3.8) is 0 Å². The number of carbonyl (C=O) groups excluding carboxylic acids is 2. The van der Waals surface area contributed by atoms with Crippen LogP contribution in [-0.4, -0.2) is 35.0 Å². The molecule has 6 nitrogen and oxygen atoms in total. The number of pyridine rings is 1. The number of aryl methyl sites for hydroxylation is 1. The second-order valence-corrected chi connectivity index (χ2v) is 6.12. The van der Waals surface area contributed by atoms with E-state index in [2.05, 4.69) is 15.3 Å². The molecular weight excluding hydrogens is 371 g/mol. The molecule has 2 aromatic rings. The Morgan fingerprint density at radius 3 is 2.58 bits per heavy atom. The average molecular weight is 387 g/mol. The third-order valence-corrected chi connectivity index (χ3v) is 4.19. The maximum absolute atomic E-state index is 12.5. The van der Waals surface area contributed by atoms with Crippen LogP contribution < -0.4 is 5.32 Å². The Kier molecular flexibility index (Phi) is 6.30. The number of hydrogen-bond donors (Lipinski definition) is 1. The fourth-order valence-corrected chi connectivity index (χ4v) is 2.85. The van der Waals surface area contributed by atoms with Crippen molar-refractivity contribution in [2.45, 2.75) is 26.4 Å². The molecule has 0 radical (unpaired) electrons. The molecule has 1 amide bonds. The summed E-state index contributed by atoms with van der Waals surface area (Å²) in [4.78, 5) is 31.3. The van der Waals surface area contributed by atoms with Gasteiger partial charge in [0, 0.05) is 18.3 Å². The van der Waals surface area contributed by atoms with E-state index in [0.29, 0.717) is 5.69 Å². The summed E-state index contributed by atoms with van der Waals surface area (Å²) in [5, 5.41) is 3.78. The van der Waals surface area contributed by atoms with E-state index in [1.165, 1.54) is 12.1 Å². The highest BCUT2D eigenvalue weighted by Crippen LogP contribution is 2.30. The fourth-order valence-electron chi connectivity index (χ4n) is 2.04. The van der Waals surface area contributed by atoms with E-state index in [4.69, 9.17) is 4.74 Å². The number of thiazole rings is 1. The van der Waals surface area contributed by atoms with Crippen LogP contribution in [0.4, 0.5) is 13.2 Å². The predicted molar refractivity (Wildman–Crippen MR) is 88.1 cm³/mol. The van der Waals surface area contributed by atoms with Gasteiger partial charge in [0.2, 0.25) is 0 Å². The number of amides is 1. The van der Waals surface area contributed by atoms with E-state index in [-0.39, 0.29) is 35.8 Å². The molecule has 0 aliphatic rings. The van der Waals surface area contributed by atoms with Crippen LogP contribution in [0.25, 0.3) is 0 Å². The molecule has 2 heterocycles. The van der Waals surface area contributed by atoms with E-state index in [1.807, 2.05) is 0 Å². The first-order valence-corrected chi connectivity index (χ1v) is 8.55. The molecule has 0 saturated carbocycles. The third kappa shape index (κ3) is 5.01. The van der Waals surface area contributed by atoms with Gasteiger partial charge in [0.05, 0.1) is 22.9 Å². The van der Waals surface area contributed by atoms with Gasteiger partial charge in [-0.3, -0.25) is 4.79 Å². The smallest absolute Gasteiger partial charge is 0.434 e. The summed E-state index contributed by atoms with van der Waals surface area (Å²) < 4.78 is 42.3. The Balaban J connectivity index is 1.93. The van der Waals surface area contributed by atoms with Crippen LogP contribution in [0.2, 0.25) is 0 Å². The lowest BCUT2D eigenvalue weighted by Gasteiger charge is -2.07. The van der Waals surface area contributed by atoms with Crippen molar-refractivity contribution in [1.29, 1.82) is 0 Å². The van der Waals surface area contributed by atoms with Crippen molar-refractivity contribution in [1.82, 2.24) is 15.3 Å². The van der Waals surface area contributed by atoms with Gasteiger partial charge in [0.15, 0.2) is 5.69 Å². The summed E-state index contributed by atoms with van der Waals surface area (Å²) in [6, 6.07) is 2.84. The first-order valence-electron chi connectivity index (χ1n) is 7.67. The number of rotatable bonds is 6. The molecule has 2 aromatic heterocycles. The van der Waals surface area contributed by atoms with Crippen molar-refractivity contribution < 1.29 is 27.5 Å². The molecular formula is C16H16F3N3O3S. The molecule has 1 N–H and O–H groups in total. The molecule has 10 heteroatoms. The maximum Gasteiger partial charge on any atom is 0.434 e. The molecule has 140 valence electrons. The molecule has 0 bridgehead atoms. The van der Waals surface area contributed by atoms with Gasteiger partial charge in [-0.25, -0.2) is 14.8 Å². The number of hydrogen-bond acceptors (Lipinski definition) is 6. The third-order valence-electron chi connectivity index (χ3n) is 3.28. The summed E-state index contributed by atoms with van der Waals surface area (Å²) in [6.45, 7) is 3.61. The maximum atomic E-state index is 12.5. The lowest BCUT2D eigenvalue weighted by Crippen LogP contribution is -2.27. The zero-order chi connectivity index (χ0) is 19.3. The van der Waals surface area contributed by atoms with Gasteiger partial charge in [0.1, 0.15) is 5.69 Å². The van der Waals surface area contributed by atoms with Crippen LogP contribution in [0.1, 0.15) is 44.2 Å². The van der Waals surface area contributed by atoms with E-state index in [9.17, 15) is 22.8 Å². The van der Waals surface area contributed by atoms with Crippen molar-refractivity contribution in [3.05, 3.63) is 45.2 Å². The number of halogens is 3. The summed E-state index contributed by atoms with van der Waals surface area (Å²) >= 11 is 0.887. The van der Waals surface area contributed by atoms with E-state index in [0.717, 1.165) is 16.7 Å². The molecule has 0 fully saturated rings. The number of esters is 1. The van der Waals surface area contributed by atoms with Crippen molar-refractivity contribution in [3.8, 4) is 0 Å². The molecule has 26 heavy (non-hydrogen) atoms. The quantitative estimate of drug-likeness (QED) is 0.771. The Morgan fingerprint density at radius 2 is 2.00 bits per heavy atom. The summed E-state index contributed by atoms with van der Waals surface area (Å²) in [5.74, 6) is -1.01. The van der Waals surface area contributed by atoms with Crippen LogP contribution in [0, 0.1) is 6.92 Å². The zero-order valence-electron chi connectivity index (χ0n) is 14.0. The summed E-state index contributed by atoms with van der Waals surface area (Å²) in [6.07, 6.45) is -4.30. The Labute approximate surface area is 151 Å². The molecule has 0 aliphatic carbocycles. The fraction of sp³-hybridized carbons (Fsp3) is 0.375. The Bertz CT molecular complexity index is 806. The SMILES string of the molecule is CCOC(=O)c1ccc(C(=O)NCCc2nc(C(F)(F)F)cs2)nc1C. The van der Waals surface area contributed by atoms with Gasteiger partial charge >= 0.3 is 12.1 Å². The van der Waals surface area contributed by atoms with E-state index < -0.39 is 23.7 Å². The van der Waals surface area contributed by atoms with Crippen molar-refractivity contribution >= 4 is 23.2 Å². The summed E-state index contributed by atoms with van der Waals surface area (Å²) in [5.41, 5.74) is -0.210. The van der Waals surface area contributed by atoms with Gasteiger partial charge in [-0.2, -0.15) is 13.2 Å². The van der Waals surface area contributed by atoms with Gasteiger partial charge < -0.3 is 10.1 Å². The normalized spacial score (nSPS) is 11.3. The molecule has 0 aromatic carbocycles. The van der Waals surface area contributed by atoms with Crippen LogP contribution >= 0.6 is 11.3 Å². The highest BCUT2D eigenvalue weighted by atomic mass is 32.1. The molecule has 0 aliphatic heterocycles. The predicted octanol–water partition coefficient (Wildman–Crippen LogP) is 3.01. The second-order valence-electron chi connectivity index (χ2n) is 5.18. The zero-order valence-corrected chi connectivity index (χ0v) is 14.8. The monoisotopic (exact) mass is 387 g/mol. The number of alkyl halides is 3. The first kappa shape index (κ1) is 19.8. The average Bonchev–Trinajstić information content (AvgIpc) is 3.04. The van der Waals surface area contributed by atoms with Gasteiger partial charge in [-0.1, -0.05) is 0 Å². The number of carbonyl (C=O) groups is 2. The molecule has 2 rings (SSSR count). The Morgan fingerprint density at radius 1 is 1.27 bits per heavy atom. The summed E-state index contributed by atoms with van der Waals surface area (Å²) in [7, 11) is 0. The number of aromatic nitrogens is 2. The minimum absolute atomic E-state index is 0.102. The highest BCUT2D eigenvalue weighted by molar-refractivity contribution is 7.09. The number of nitrogens with zero attached hydrogens (tertiary/aromatic N) is 2. The number of ether oxygens (including phenoxy) is 1. The van der Waals surface area contributed by atoms with Gasteiger partial charge in [-0.15, -0.1) is 11.3 Å². The second kappa shape index (κ2) is 8.26. The molecule has 0 atom stereocenters. The van der Waals surface area contributed by atoms with E-state index >= 15 is 0 Å².